The number of benzene rings is 1. The minimum absolute atomic E-state index is 0.354. The minimum atomic E-state index is 0.354. The Labute approximate surface area is 126 Å². The van der Waals surface area contributed by atoms with Crippen LogP contribution in [0.4, 0.5) is 0 Å². The Morgan fingerprint density at radius 2 is 1.90 bits per heavy atom. The van der Waals surface area contributed by atoms with Gasteiger partial charge in [-0.1, -0.05) is 18.2 Å². The SMILES string of the molecule is CN(C)CCN(Cc1ccccc1O)Cc1nccn1C. The molecule has 0 bridgehead atoms. The van der Waals surface area contributed by atoms with Gasteiger partial charge in [-0.25, -0.2) is 4.98 Å². The first-order chi connectivity index (χ1) is 10.1. The molecule has 0 amide bonds. The monoisotopic (exact) mass is 288 g/mol. The number of aromatic hydroxyl groups is 1. The highest BCUT2D eigenvalue weighted by molar-refractivity contribution is 5.31. The number of rotatable bonds is 7. The number of phenolic OH excluding ortho intramolecular Hbond substituents is 1. The first kappa shape index (κ1) is 15.5. The first-order valence-corrected chi connectivity index (χ1v) is 7.16. The second kappa shape index (κ2) is 7.24. The van der Waals surface area contributed by atoms with Crippen molar-refractivity contribution < 1.29 is 5.11 Å². The van der Waals surface area contributed by atoms with Crippen LogP contribution in [0.15, 0.2) is 36.7 Å². The van der Waals surface area contributed by atoms with E-state index in [0.717, 1.165) is 31.0 Å². The summed E-state index contributed by atoms with van der Waals surface area (Å²) in [7, 11) is 6.14. The molecule has 0 aliphatic heterocycles. The lowest BCUT2D eigenvalue weighted by Gasteiger charge is -2.24. The van der Waals surface area contributed by atoms with E-state index in [1.165, 1.54) is 0 Å². The van der Waals surface area contributed by atoms with Crippen LogP contribution in [0, 0.1) is 0 Å². The molecular formula is C16H24N4O. The van der Waals surface area contributed by atoms with E-state index in [1.54, 1.807) is 6.07 Å². The molecule has 0 saturated heterocycles. The van der Waals surface area contributed by atoms with Crippen LogP contribution < -0.4 is 0 Å². The summed E-state index contributed by atoms with van der Waals surface area (Å²) in [6.45, 7) is 3.38. The molecule has 1 heterocycles. The van der Waals surface area contributed by atoms with Crippen LogP contribution in [0.2, 0.25) is 0 Å². The molecule has 0 fully saturated rings. The van der Waals surface area contributed by atoms with E-state index in [9.17, 15) is 5.11 Å². The lowest BCUT2D eigenvalue weighted by molar-refractivity contribution is 0.217. The van der Waals surface area contributed by atoms with Crippen LogP contribution in [0.1, 0.15) is 11.4 Å². The molecule has 0 aliphatic carbocycles. The summed E-state index contributed by atoms with van der Waals surface area (Å²) in [5, 5.41) is 9.96. The lowest BCUT2D eigenvalue weighted by atomic mass is 10.2. The number of para-hydroxylation sites is 1. The molecule has 2 aromatic rings. The maximum atomic E-state index is 9.96. The first-order valence-electron chi connectivity index (χ1n) is 7.16. The van der Waals surface area contributed by atoms with Crippen molar-refractivity contribution in [1.29, 1.82) is 0 Å². The normalized spacial score (nSPS) is 11.5. The zero-order chi connectivity index (χ0) is 15.2. The standard InChI is InChI=1S/C16H24N4O/c1-18(2)10-11-20(13-16-17-8-9-19(16)3)12-14-6-4-5-7-15(14)21/h4-9,21H,10-13H2,1-3H3. The molecule has 0 radical (unpaired) electrons. The van der Waals surface area contributed by atoms with E-state index < -0.39 is 0 Å². The van der Waals surface area contributed by atoms with E-state index >= 15 is 0 Å². The zero-order valence-corrected chi connectivity index (χ0v) is 13.0. The molecule has 5 nitrogen and oxygen atoms in total. The van der Waals surface area contributed by atoms with Gasteiger partial charge in [-0.05, 0) is 20.2 Å². The molecule has 0 unspecified atom stereocenters. The predicted octanol–water partition coefficient (Wildman–Crippen LogP) is 1.69. The number of phenols is 1. The molecule has 21 heavy (non-hydrogen) atoms. The summed E-state index contributed by atoms with van der Waals surface area (Å²) < 4.78 is 2.04. The third-order valence-corrected chi connectivity index (χ3v) is 3.54. The Hall–Kier alpha value is -1.85. The predicted molar refractivity (Wildman–Crippen MR) is 84.0 cm³/mol. The molecule has 0 spiro atoms. The number of aromatic nitrogens is 2. The Morgan fingerprint density at radius 1 is 1.14 bits per heavy atom. The van der Waals surface area contributed by atoms with E-state index in [4.69, 9.17) is 0 Å². The maximum Gasteiger partial charge on any atom is 0.122 e. The van der Waals surface area contributed by atoms with Crippen LogP contribution in [-0.4, -0.2) is 51.6 Å². The van der Waals surface area contributed by atoms with Crippen molar-refractivity contribution in [2.24, 2.45) is 7.05 Å². The molecule has 114 valence electrons. The fourth-order valence-corrected chi connectivity index (χ4v) is 2.19. The van der Waals surface area contributed by atoms with E-state index in [-0.39, 0.29) is 0 Å². The third-order valence-electron chi connectivity index (χ3n) is 3.54. The molecule has 1 aromatic carbocycles. The van der Waals surface area contributed by atoms with Gasteiger partial charge in [0.25, 0.3) is 0 Å². The van der Waals surface area contributed by atoms with Crippen LogP contribution in [0.5, 0.6) is 5.75 Å². The second-order valence-electron chi connectivity index (χ2n) is 5.60. The maximum absolute atomic E-state index is 9.96. The molecule has 2 rings (SSSR count). The van der Waals surface area contributed by atoms with Crippen molar-refractivity contribution in [3.05, 3.63) is 48.0 Å². The highest BCUT2D eigenvalue weighted by atomic mass is 16.3. The fourth-order valence-electron chi connectivity index (χ4n) is 2.19. The highest BCUT2D eigenvalue weighted by Gasteiger charge is 2.12. The number of hydrogen-bond acceptors (Lipinski definition) is 4. The summed E-state index contributed by atoms with van der Waals surface area (Å²) in [5.41, 5.74) is 0.950. The highest BCUT2D eigenvalue weighted by Crippen LogP contribution is 2.18. The summed E-state index contributed by atoms with van der Waals surface area (Å²) in [5.74, 6) is 1.39. The van der Waals surface area contributed by atoms with Gasteiger partial charge in [0.05, 0.1) is 6.54 Å². The fraction of sp³-hybridized carbons (Fsp3) is 0.438. The van der Waals surface area contributed by atoms with Crippen molar-refractivity contribution in [2.45, 2.75) is 13.1 Å². The molecule has 0 aliphatic rings. The topological polar surface area (TPSA) is 44.5 Å². The number of nitrogens with zero attached hydrogens (tertiary/aromatic N) is 4. The Kier molecular flexibility index (Phi) is 5.36. The Balaban J connectivity index is 2.08. The van der Waals surface area contributed by atoms with Crippen LogP contribution in [0.3, 0.4) is 0 Å². The lowest BCUT2D eigenvalue weighted by Crippen LogP contribution is -2.31. The second-order valence-corrected chi connectivity index (χ2v) is 5.60. The van der Waals surface area contributed by atoms with Gasteiger partial charge in [0, 0.05) is 44.6 Å². The summed E-state index contributed by atoms with van der Waals surface area (Å²) in [4.78, 5) is 8.86. The average Bonchev–Trinajstić information content (AvgIpc) is 2.84. The van der Waals surface area contributed by atoms with Gasteiger partial charge in [0.2, 0.25) is 0 Å². The van der Waals surface area contributed by atoms with Gasteiger partial charge < -0.3 is 14.6 Å². The molecule has 0 atom stereocenters. The number of likely N-dealkylation sites (N-methyl/N-ethyl adjacent to an activating group) is 1. The van der Waals surface area contributed by atoms with Crippen molar-refractivity contribution in [3.63, 3.8) is 0 Å². The van der Waals surface area contributed by atoms with Gasteiger partial charge in [-0.2, -0.15) is 0 Å². The van der Waals surface area contributed by atoms with E-state index in [2.05, 4.69) is 28.9 Å². The van der Waals surface area contributed by atoms with Crippen LogP contribution in [-0.2, 0) is 20.1 Å². The van der Waals surface area contributed by atoms with Crippen molar-refractivity contribution in [2.75, 3.05) is 27.2 Å². The van der Waals surface area contributed by atoms with Crippen LogP contribution in [0.25, 0.3) is 0 Å². The smallest absolute Gasteiger partial charge is 0.122 e. The Morgan fingerprint density at radius 3 is 2.52 bits per heavy atom. The zero-order valence-electron chi connectivity index (χ0n) is 13.0. The number of hydrogen-bond donors (Lipinski definition) is 1. The summed E-state index contributed by atoms with van der Waals surface area (Å²) in [6.07, 6.45) is 3.78. The molecule has 1 aromatic heterocycles. The summed E-state index contributed by atoms with van der Waals surface area (Å²) in [6, 6.07) is 7.51. The number of aryl methyl sites for hydroxylation is 1. The van der Waals surface area contributed by atoms with Gasteiger partial charge in [-0.3, -0.25) is 4.90 Å². The van der Waals surface area contributed by atoms with Crippen molar-refractivity contribution >= 4 is 0 Å². The largest absolute Gasteiger partial charge is 0.508 e. The van der Waals surface area contributed by atoms with Crippen molar-refractivity contribution in [1.82, 2.24) is 19.4 Å². The molecule has 1 N–H and O–H groups in total. The summed E-state index contributed by atoms with van der Waals surface area (Å²) >= 11 is 0. The van der Waals surface area contributed by atoms with Gasteiger partial charge in [0.15, 0.2) is 0 Å². The molecule has 0 saturated carbocycles. The molecule has 5 heteroatoms. The Bertz CT molecular complexity index is 565. The quantitative estimate of drug-likeness (QED) is 0.842. The van der Waals surface area contributed by atoms with E-state index in [0.29, 0.717) is 12.3 Å². The van der Waals surface area contributed by atoms with Crippen molar-refractivity contribution in [3.8, 4) is 5.75 Å². The minimum Gasteiger partial charge on any atom is -0.508 e. The van der Waals surface area contributed by atoms with Gasteiger partial charge >= 0.3 is 0 Å². The molecular weight excluding hydrogens is 264 g/mol. The average molecular weight is 288 g/mol. The van der Waals surface area contributed by atoms with E-state index in [1.807, 2.05) is 42.2 Å². The van der Waals surface area contributed by atoms with Crippen LogP contribution >= 0.6 is 0 Å². The third kappa shape index (κ3) is 4.58. The van der Waals surface area contributed by atoms with Gasteiger partial charge in [0.1, 0.15) is 11.6 Å². The number of imidazole rings is 1. The van der Waals surface area contributed by atoms with Gasteiger partial charge in [-0.15, -0.1) is 0 Å².